The van der Waals surface area contributed by atoms with Crippen LogP contribution in [0.5, 0.6) is 0 Å². The van der Waals surface area contributed by atoms with E-state index in [1.54, 1.807) is 30.3 Å². The molecule has 1 fully saturated rings. The molecule has 1 amide bonds. The second-order valence-corrected chi connectivity index (χ2v) is 7.70. The van der Waals surface area contributed by atoms with Crippen molar-refractivity contribution >= 4 is 46.6 Å². The molecule has 0 bridgehead atoms. The number of hydrogen-bond donors (Lipinski definition) is 1. The van der Waals surface area contributed by atoms with Crippen LogP contribution in [-0.2, 0) is 9.53 Å². The predicted molar refractivity (Wildman–Crippen MR) is 121 cm³/mol. The summed E-state index contributed by atoms with van der Waals surface area (Å²) >= 11 is 12.1. The molecule has 0 spiro atoms. The number of furan rings is 1. The van der Waals surface area contributed by atoms with Gasteiger partial charge in [0.2, 0.25) is 5.91 Å². The van der Waals surface area contributed by atoms with Gasteiger partial charge >= 0.3 is 0 Å². The molecule has 4 rings (SSSR count). The van der Waals surface area contributed by atoms with Crippen LogP contribution in [0.3, 0.4) is 0 Å². The van der Waals surface area contributed by atoms with Gasteiger partial charge in [0.1, 0.15) is 11.5 Å². The maximum Gasteiger partial charge on any atom is 0.248 e. The highest BCUT2D eigenvalue weighted by Crippen LogP contribution is 2.29. The summed E-state index contributed by atoms with van der Waals surface area (Å²) in [6.07, 6.45) is 3.05. The Bertz CT molecular complexity index is 1030. The average Bonchev–Trinajstić information content (AvgIpc) is 3.22. The summed E-state index contributed by atoms with van der Waals surface area (Å²) < 4.78 is 11.1. The van der Waals surface area contributed by atoms with E-state index in [9.17, 15) is 4.79 Å². The van der Waals surface area contributed by atoms with Crippen molar-refractivity contribution in [3.8, 4) is 11.3 Å². The molecule has 7 heteroatoms. The summed E-state index contributed by atoms with van der Waals surface area (Å²) in [5, 5.41) is 3.92. The van der Waals surface area contributed by atoms with Gasteiger partial charge in [-0.1, -0.05) is 23.2 Å². The maximum atomic E-state index is 12.2. The highest BCUT2D eigenvalue weighted by Gasteiger charge is 2.11. The number of ether oxygens (including phenoxy) is 1. The topological polar surface area (TPSA) is 54.7 Å². The van der Waals surface area contributed by atoms with Gasteiger partial charge in [-0.2, -0.15) is 0 Å². The van der Waals surface area contributed by atoms with Crippen molar-refractivity contribution in [3.63, 3.8) is 0 Å². The Balaban J connectivity index is 1.36. The van der Waals surface area contributed by atoms with Crippen molar-refractivity contribution in [2.24, 2.45) is 0 Å². The summed E-state index contributed by atoms with van der Waals surface area (Å²) in [7, 11) is 0. The maximum absolute atomic E-state index is 12.2. The summed E-state index contributed by atoms with van der Waals surface area (Å²) in [4.78, 5) is 14.5. The van der Waals surface area contributed by atoms with Crippen molar-refractivity contribution in [3.05, 3.63) is 76.5 Å². The van der Waals surface area contributed by atoms with E-state index in [1.165, 1.54) is 6.08 Å². The number of halogens is 2. The fraction of sp³-hybridized carbons (Fsp3) is 0.174. The molecule has 0 unspecified atom stereocenters. The standard InChI is InChI=1S/C23H20Cl2N2O3/c24-17-13-16(14-18(25)15-17)22-7-5-21(30-22)6-8-23(28)26-19-1-3-20(4-2-19)27-9-11-29-12-10-27/h1-8,13-15H,9-12H2,(H,26,28)/b8-6+. The molecular formula is C23H20Cl2N2O3. The molecule has 1 aromatic heterocycles. The minimum Gasteiger partial charge on any atom is -0.457 e. The van der Waals surface area contributed by atoms with Gasteiger partial charge in [-0.25, -0.2) is 0 Å². The SMILES string of the molecule is O=C(/C=C/c1ccc(-c2cc(Cl)cc(Cl)c2)o1)Nc1ccc(N2CCOCC2)cc1. The number of rotatable bonds is 5. The number of nitrogens with zero attached hydrogens (tertiary/aromatic N) is 1. The monoisotopic (exact) mass is 442 g/mol. The van der Waals surface area contributed by atoms with Crippen LogP contribution in [0.25, 0.3) is 17.4 Å². The van der Waals surface area contributed by atoms with Crippen molar-refractivity contribution in [1.82, 2.24) is 0 Å². The molecule has 0 aliphatic carbocycles. The van der Waals surface area contributed by atoms with Crippen molar-refractivity contribution in [2.45, 2.75) is 0 Å². The molecule has 3 aromatic rings. The zero-order chi connectivity index (χ0) is 20.9. The van der Waals surface area contributed by atoms with E-state index < -0.39 is 0 Å². The largest absolute Gasteiger partial charge is 0.457 e. The third kappa shape index (κ3) is 5.25. The van der Waals surface area contributed by atoms with E-state index in [0.29, 0.717) is 21.6 Å². The number of anilines is 2. The van der Waals surface area contributed by atoms with Gasteiger partial charge in [0, 0.05) is 46.1 Å². The minimum absolute atomic E-state index is 0.238. The van der Waals surface area contributed by atoms with E-state index >= 15 is 0 Å². The van der Waals surface area contributed by atoms with Gasteiger partial charge < -0.3 is 19.4 Å². The third-order valence-electron chi connectivity index (χ3n) is 4.68. The number of morpholine rings is 1. The van der Waals surface area contributed by atoms with Crippen molar-refractivity contribution in [2.75, 3.05) is 36.5 Å². The number of amides is 1. The van der Waals surface area contributed by atoms with Gasteiger partial charge in [-0.15, -0.1) is 0 Å². The molecule has 1 aliphatic heterocycles. The first-order chi connectivity index (χ1) is 14.6. The molecule has 0 atom stereocenters. The Morgan fingerprint density at radius 2 is 1.67 bits per heavy atom. The molecule has 1 aliphatic rings. The van der Waals surface area contributed by atoms with Gasteiger partial charge in [0.25, 0.3) is 0 Å². The first-order valence-electron chi connectivity index (χ1n) is 9.55. The second-order valence-electron chi connectivity index (χ2n) is 6.83. The molecule has 2 aromatic carbocycles. The predicted octanol–water partition coefficient (Wildman–Crippen LogP) is 5.74. The molecular weight excluding hydrogens is 423 g/mol. The second kappa shape index (κ2) is 9.39. The molecule has 154 valence electrons. The number of hydrogen-bond acceptors (Lipinski definition) is 4. The van der Waals surface area contributed by atoms with Crippen molar-refractivity contribution in [1.29, 1.82) is 0 Å². The highest BCUT2D eigenvalue weighted by atomic mass is 35.5. The van der Waals surface area contributed by atoms with E-state index in [2.05, 4.69) is 10.2 Å². The van der Waals surface area contributed by atoms with Gasteiger partial charge in [-0.05, 0) is 60.7 Å². The fourth-order valence-electron chi connectivity index (χ4n) is 3.21. The lowest BCUT2D eigenvalue weighted by molar-refractivity contribution is -0.111. The lowest BCUT2D eigenvalue weighted by Crippen LogP contribution is -2.36. The van der Waals surface area contributed by atoms with Crippen LogP contribution >= 0.6 is 23.2 Å². The summed E-state index contributed by atoms with van der Waals surface area (Å²) in [5.74, 6) is 0.940. The Morgan fingerprint density at radius 3 is 2.37 bits per heavy atom. The zero-order valence-corrected chi connectivity index (χ0v) is 17.6. The lowest BCUT2D eigenvalue weighted by atomic mass is 10.2. The van der Waals surface area contributed by atoms with Crippen molar-refractivity contribution < 1.29 is 13.9 Å². The molecule has 1 N–H and O–H groups in total. The van der Waals surface area contributed by atoms with E-state index in [0.717, 1.165) is 43.2 Å². The molecule has 1 saturated heterocycles. The van der Waals surface area contributed by atoms with Crippen LogP contribution in [0.4, 0.5) is 11.4 Å². The first-order valence-corrected chi connectivity index (χ1v) is 10.3. The van der Waals surface area contributed by atoms with Gasteiger partial charge in [0.05, 0.1) is 13.2 Å². The van der Waals surface area contributed by atoms with Gasteiger partial charge in [0.15, 0.2) is 0 Å². The van der Waals surface area contributed by atoms with Crippen LogP contribution in [0.15, 0.2) is 65.1 Å². The summed E-state index contributed by atoms with van der Waals surface area (Å²) in [5.41, 5.74) is 2.63. The quantitative estimate of drug-likeness (QED) is 0.511. The molecule has 30 heavy (non-hydrogen) atoms. The normalized spacial score (nSPS) is 14.3. The highest BCUT2D eigenvalue weighted by molar-refractivity contribution is 6.35. The summed E-state index contributed by atoms with van der Waals surface area (Å²) in [6.45, 7) is 3.23. The summed E-state index contributed by atoms with van der Waals surface area (Å²) in [6, 6.07) is 16.6. The van der Waals surface area contributed by atoms with Gasteiger partial charge in [-0.3, -0.25) is 4.79 Å². The molecule has 5 nitrogen and oxygen atoms in total. The number of carbonyl (C=O) groups excluding carboxylic acids is 1. The first kappa shape index (κ1) is 20.5. The minimum atomic E-state index is -0.238. The Kier molecular flexibility index (Phi) is 6.43. The van der Waals surface area contributed by atoms with Crippen LogP contribution < -0.4 is 10.2 Å². The van der Waals surface area contributed by atoms with Crippen LogP contribution in [0, 0.1) is 0 Å². The van der Waals surface area contributed by atoms with Crippen LogP contribution in [0.2, 0.25) is 10.0 Å². The lowest BCUT2D eigenvalue weighted by Gasteiger charge is -2.28. The molecule has 2 heterocycles. The van der Waals surface area contributed by atoms with Crippen LogP contribution in [0.1, 0.15) is 5.76 Å². The van der Waals surface area contributed by atoms with E-state index in [-0.39, 0.29) is 5.91 Å². The number of nitrogens with one attached hydrogen (secondary N) is 1. The van der Waals surface area contributed by atoms with E-state index in [1.807, 2.05) is 30.3 Å². The molecule has 0 saturated carbocycles. The Morgan fingerprint density at radius 1 is 0.967 bits per heavy atom. The Labute approximate surface area is 184 Å². The third-order valence-corrected chi connectivity index (χ3v) is 5.12. The van der Waals surface area contributed by atoms with E-state index in [4.69, 9.17) is 32.4 Å². The van der Waals surface area contributed by atoms with Crippen LogP contribution in [-0.4, -0.2) is 32.2 Å². The number of carbonyl (C=O) groups is 1. The molecule has 0 radical (unpaired) electrons. The smallest absolute Gasteiger partial charge is 0.248 e. The average molecular weight is 443 g/mol. The number of benzene rings is 2. The fourth-order valence-corrected chi connectivity index (χ4v) is 3.74. The zero-order valence-electron chi connectivity index (χ0n) is 16.1. The Hall–Kier alpha value is -2.73.